The van der Waals surface area contributed by atoms with Crippen molar-refractivity contribution in [1.29, 1.82) is 0 Å². The van der Waals surface area contributed by atoms with Gasteiger partial charge in [-0.2, -0.15) is 0 Å². The van der Waals surface area contributed by atoms with Crippen molar-refractivity contribution in [2.24, 2.45) is 5.92 Å². The molecule has 0 heterocycles. The van der Waals surface area contributed by atoms with Crippen molar-refractivity contribution in [1.82, 2.24) is 0 Å². The zero-order valence-electron chi connectivity index (χ0n) is 6.68. The second kappa shape index (κ2) is 5.47. The molecule has 1 fully saturated rings. The van der Waals surface area contributed by atoms with E-state index in [1.54, 1.807) is 0 Å². The Labute approximate surface area is 78.6 Å². The van der Waals surface area contributed by atoms with Crippen LogP contribution in [0.25, 0.3) is 0 Å². The fourth-order valence-electron chi connectivity index (χ4n) is 1.66. The second-order valence-corrected chi connectivity index (χ2v) is 4.31. The Hall–Kier alpha value is 0.822. The third-order valence-corrected chi connectivity index (χ3v) is 2.94. The van der Waals surface area contributed by atoms with Gasteiger partial charge in [-0.15, -0.1) is 17.2 Å². The highest BCUT2D eigenvalue weighted by Gasteiger charge is 2.14. The number of rotatable bonds is 1. The molecule has 0 aromatic heterocycles. The van der Waals surface area contributed by atoms with E-state index >= 15 is 0 Å². The van der Waals surface area contributed by atoms with Crippen LogP contribution in [0.2, 0.25) is 4.78 Å². The normalized spacial score (nSPS) is 23.3. The molecule has 1 unspecified atom stereocenters. The molecule has 1 atom stereocenters. The SMILES string of the molecule is C[CH]([Al])C1CCCCC1.Cl. The van der Waals surface area contributed by atoms with Crippen molar-refractivity contribution in [2.75, 3.05) is 0 Å². The summed E-state index contributed by atoms with van der Waals surface area (Å²) in [7, 11) is 0. The van der Waals surface area contributed by atoms with Crippen LogP contribution in [0, 0.1) is 5.92 Å². The fourth-order valence-corrected chi connectivity index (χ4v) is 2.04. The summed E-state index contributed by atoms with van der Waals surface area (Å²) in [6.07, 6.45) is 7.38. The standard InChI is InChI=1S/C8H15.Al.ClH/c1-2-8-6-4-3-5-7-8;;/h2,8H,3-7H2,1H3;;1H. The predicted octanol–water partition coefficient (Wildman–Crippen LogP) is 2.97. The Balaban J connectivity index is 0.000000810. The van der Waals surface area contributed by atoms with Gasteiger partial charge in [-0.1, -0.05) is 44.9 Å². The summed E-state index contributed by atoms with van der Waals surface area (Å²) in [5.74, 6) is 1.02. The molecule has 1 rings (SSSR count). The molecular formula is C8H16AlCl. The van der Waals surface area contributed by atoms with Crippen LogP contribution < -0.4 is 0 Å². The van der Waals surface area contributed by atoms with Gasteiger partial charge in [0.15, 0.2) is 0 Å². The van der Waals surface area contributed by atoms with Gasteiger partial charge in [0.2, 0.25) is 0 Å². The van der Waals surface area contributed by atoms with Crippen LogP contribution in [0.4, 0.5) is 0 Å². The van der Waals surface area contributed by atoms with Crippen molar-refractivity contribution >= 4 is 28.7 Å². The molecule has 1 aliphatic rings. The Morgan fingerprint density at radius 1 is 1.20 bits per heavy atom. The number of halogens is 1. The van der Waals surface area contributed by atoms with Gasteiger partial charge < -0.3 is 0 Å². The maximum Gasteiger partial charge on any atom is 0.123 e. The molecule has 2 radical (unpaired) electrons. The Bertz CT molecular complexity index is 77.3. The molecule has 58 valence electrons. The van der Waals surface area contributed by atoms with E-state index in [0.29, 0.717) is 0 Å². The van der Waals surface area contributed by atoms with Gasteiger partial charge in [0, 0.05) is 0 Å². The van der Waals surface area contributed by atoms with Crippen LogP contribution in [-0.2, 0) is 0 Å². The van der Waals surface area contributed by atoms with E-state index in [4.69, 9.17) is 0 Å². The summed E-state index contributed by atoms with van der Waals surface area (Å²) in [5, 5.41) is 0. The van der Waals surface area contributed by atoms with Gasteiger partial charge >= 0.3 is 0 Å². The fraction of sp³-hybridized carbons (Fsp3) is 1.00. The molecule has 0 nitrogen and oxygen atoms in total. The van der Waals surface area contributed by atoms with Crippen molar-refractivity contribution in [2.45, 2.75) is 43.8 Å². The highest BCUT2D eigenvalue weighted by Crippen LogP contribution is 2.30. The molecule has 0 N–H and O–H groups in total. The summed E-state index contributed by atoms with van der Waals surface area (Å²) in [6.45, 7) is 2.32. The minimum atomic E-state index is 0. The van der Waals surface area contributed by atoms with Gasteiger partial charge in [0.25, 0.3) is 0 Å². The zero-order chi connectivity index (χ0) is 6.69. The Kier molecular flexibility index (Phi) is 5.92. The molecule has 10 heavy (non-hydrogen) atoms. The molecule has 1 saturated carbocycles. The number of hydrogen-bond donors (Lipinski definition) is 0. The third-order valence-electron chi connectivity index (χ3n) is 2.39. The van der Waals surface area contributed by atoms with E-state index in [1.165, 1.54) is 32.1 Å². The minimum Gasteiger partial charge on any atom is -0.147 e. The molecular weight excluding hydrogens is 159 g/mol. The lowest BCUT2D eigenvalue weighted by atomic mass is 9.87. The monoisotopic (exact) mass is 174 g/mol. The lowest BCUT2D eigenvalue weighted by Gasteiger charge is -2.25. The number of hydrogen-bond acceptors (Lipinski definition) is 0. The second-order valence-electron chi connectivity index (χ2n) is 3.26. The average Bonchev–Trinajstić information content (AvgIpc) is 1.90. The van der Waals surface area contributed by atoms with Gasteiger partial charge in [0.1, 0.15) is 16.3 Å². The molecule has 0 bridgehead atoms. The van der Waals surface area contributed by atoms with Gasteiger partial charge in [-0.25, -0.2) is 0 Å². The molecule has 0 aromatic rings. The first-order chi connectivity index (χ1) is 4.30. The highest BCUT2D eigenvalue weighted by molar-refractivity contribution is 6.11. The summed E-state index contributed by atoms with van der Waals surface area (Å²) < 4.78 is 0.852. The van der Waals surface area contributed by atoms with E-state index in [2.05, 4.69) is 23.2 Å². The summed E-state index contributed by atoms with van der Waals surface area (Å²) in [6, 6.07) is 0. The van der Waals surface area contributed by atoms with Crippen LogP contribution >= 0.6 is 12.4 Å². The van der Waals surface area contributed by atoms with Crippen molar-refractivity contribution < 1.29 is 0 Å². The minimum absolute atomic E-state index is 0. The summed E-state index contributed by atoms with van der Waals surface area (Å²) in [5.41, 5.74) is 0. The lowest BCUT2D eigenvalue weighted by molar-refractivity contribution is 0.350. The van der Waals surface area contributed by atoms with E-state index in [0.717, 1.165) is 10.7 Å². The molecule has 0 saturated heterocycles. The molecule has 2 heteroatoms. The molecule has 0 aliphatic heterocycles. The topological polar surface area (TPSA) is 0 Å². The first-order valence-electron chi connectivity index (χ1n) is 4.06. The van der Waals surface area contributed by atoms with Gasteiger partial charge in [-0.05, 0) is 0 Å². The van der Waals surface area contributed by atoms with Gasteiger partial charge in [0.05, 0.1) is 0 Å². The van der Waals surface area contributed by atoms with Crippen LogP contribution in [0.3, 0.4) is 0 Å². The van der Waals surface area contributed by atoms with E-state index in [1.807, 2.05) is 0 Å². The Morgan fingerprint density at radius 2 is 1.70 bits per heavy atom. The van der Waals surface area contributed by atoms with Crippen LogP contribution in [-0.4, -0.2) is 16.3 Å². The maximum atomic E-state index is 2.93. The molecule has 0 aromatic carbocycles. The quantitative estimate of drug-likeness (QED) is 0.537. The van der Waals surface area contributed by atoms with Gasteiger partial charge in [-0.3, -0.25) is 0 Å². The smallest absolute Gasteiger partial charge is 0.123 e. The van der Waals surface area contributed by atoms with Crippen molar-refractivity contribution in [3.8, 4) is 0 Å². The largest absolute Gasteiger partial charge is 0.147 e. The summed E-state index contributed by atoms with van der Waals surface area (Å²) in [4.78, 5) is 0. The van der Waals surface area contributed by atoms with Crippen molar-refractivity contribution in [3.05, 3.63) is 0 Å². The first-order valence-corrected chi connectivity index (χ1v) is 4.73. The third kappa shape index (κ3) is 3.28. The maximum absolute atomic E-state index is 2.93. The van der Waals surface area contributed by atoms with Crippen LogP contribution in [0.1, 0.15) is 39.0 Å². The lowest BCUT2D eigenvalue weighted by Crippen LogP contribution is -2.10. The van der Waals surface area contributed by atoms with Crippen molar-refractivity contribution in [3.63, 3.8) is 0 Å². The predicted molar refractivity (Wildman–Crippen MR) is 49.0 cm³/mol. The molecule has 0 amide bonds. The van der Waals surface area contributed by atoms with E-state index < -0.39 is 0 Å². The molecule has 0 spiro atoms. The average molecular weight is 175 g/mol. The summed E-state index contributed by atoms with van der Waals surface area (Å²) >= 11 is 2.93. The van der Waals surface area contributed by atoms with Crippen LogP contribution in [0.5, 0.6) is 0 Å². The van der Waals surface area contributed by atoms with Crippen LogP contribution in [0.15, 0.2) is 0 Å². The Morgan fingerprint density at radius 3 is 2.00 bits per heavy atom. The highest BCUT2D eigenvalue weighted by atomic mass is 35.5. The zero-order valence-corrected chi connectivity index (χ0v) is 8.65. The first kappa shape index (κ1) is 10.8. The van der Waals surface area contributed by atoms with E-state index in [9.17, 15) is 0 Å². The molecule has 1 aliphatic carbocycles. The van der Waals surface area contributed by atoms with E-state index in [-0.39, 0.29) is 12.4 Å².